The third kappa shape index (κ3) is 1.45. The zero-order chi connectivity index (χ0) is 11.2. The van der Waals surface area contributed by atoms with Gasteiger partial charge in [-0.05, 0) is 25.5 Å². The second kappa shape index (κ2) is 3.20. The summed E-state index contributed by atoms with van der Waals surface area (Å²) in [5.41, 5.74) is 7.73. The van der Waals surface area contributed by atoms with Crippen molar-refractivity contribution in [3.05, 3.63) is 22.2 Å². The molecular weight excluding hydrogens is 212 g/mol. The summed E-state index contributed by atoms with van der Waals surface area (Å²) in [7, 11) is 0. The highest BCUT2D eigenvalue weighted by molar-refractivity contribution is 7.18. The Balaban J connectivity index is 2.87. The van der Waals surface area contributed by atoms with Gasteiger partial charge in [-0.1, -0.05) is 0 Å². The summed E-state index contributed by atoms with van der Waals surface area (Å²) >= 11 is 1.53. The highest BCUT2D eigenvalue weighted by Crippen LogP contribution is 2.31. The molecule has 1 aromatic carbocycles. The van der Waals surface area contributed by atoms with Crippen LogP contribution in [0.15, 0.2) is 6.07 Å². The highest BCUT2D eigenvalue weighted by atomic mass is 32.1. The molecule has 4 nitrogen and oxygen atoms in total. The van der Waals surface area contributed by atoms with Crippen LogP contribution in [0.2, 0.25) is 0 Å². The van der Waals surface area contributed by atoms with E-state index in [4.69, 9.17) is 10.8 Å². The quantitative estimate of drug-likeness (QED) is 0.725. The molecule has 0 fully saturated rings. The number of nitrogen functional groups attached to an aromatic ring is 1. The number of hydrogen-bond acceptors (Lipinski definition) is 4. The number of aromatic carboxylic acids is 1. The number of carboxylic acids is 1. The summed E-state index contributed by atoms with van der Waals surface area (Å²) in [6, 6.07) is 1.53. The molecule has 0 aliphatic heterocycles. The van der Waals surface area contributed by atoms with Gasteiger partial charge in [-0.25, -0.2) is 9.78 Å². The monoisotopic (exact) mass is 222 g/mol. The average Bonchev–Trinajstić information content (AvgIpc) is 2.52. The third-order valence-corrected chi connectivity index (χ3v) is 3.41. The van der Waals surface area contributed by atoms with Crippen LogP contribution in [0.4, 0.5) is 5.69 Å². The van der Waals surface area contributed by atoms with Gasteiger partial charge in [0, 0.05) is 0 Å². The minimum absolute atomic E-state index is 0.130. The molecule has 2 aromatic rings. The van der Waals surface area contributed by atoms with Crippen molar-refractivity contribution in [3.8, 4) is 0 Å². The molecule has 0 bridgehead atoms. The smallest absolute Gasteiger partial charge is 0.337 e. The van der Waals surface area contributed by atoms with E-state index in [-0.39, 0.29) is 5.56 Å². The maximum absolute atomic E-state index is 10.9. The van der Waals surface area contributed by atoms with Crippen LogP contribution in [-0.2, 0) is 0 Å². The number of aromatic nitrogens is 1. The molecule has 0 saturated carbocycles. The Kier molecular flexibility index (Phi) is 2.12. The molecule has 2 rings (SSSR count). The van der Waals surface area contributed by atoms with Crippen LogP contribution in [0.25, 0.3) is 10.2 Å². The molecule has 0 atom stereocenters. The highest BCUT2D eigenvalue weighted by Gasteiger charge is 2.15. The lowest BCUT2D eigenvalue weighted by Crippen LogP contribution is -2.04. The van der Waals surface area contributed by atoms with E-state index in [1.165, 1.54) is 17.4 Å². The molecule has 1 aromatic heterocycles. The third-order valence-electron chi connectivity index (χ3n) is 2.31. The number of nitrogens with zero attached hydrogens (tertiary/aromatic N) is 1. The van der Waals surface area contributed by atoms with Crippen molar-refractivity contribution in [2.24, 2.45) is 0 Å². The molecule has 0 radical (unpaired) electrons. The fourth-order valence-electron chi connectivity index (χ4n) is 1.53. The van der Waals surface area contributed by atoms with Crippen LogP contribution in [0.3, 0.4) is 0 Å². The minimum Gasteiger partial charge on any atom is -0.478 e. The van der Waals surface area contributed by atoms with Crippen LogP contribution >= 0.6 is 11.3 Å². The number of carboxylic acid groups (broad SMARTS) is 1. The second-order valence-electron chi connectivity index (χ2n) is 3.35. The summed E-state index contributed by atoms with van der Waals surface area (Å²) in [6.45, 7) is 3.71. The first-order valence-electron chi connectivity index (χ1n) is 4.40. The maximum Gasteiger partial charge on any atom is 0.337 e. The molecule has 1 heterocycles. The molecule has 0 unspecified atom stereocenters. The van der Waals surface area contributed by atoms with Crippen molar-refractivity contribution >= 4 is 33.2 Å². The van der Waals surface area contributed by atoms with Gasteiger partial charge >= 0.3 is 5.97 Å². The van der Waals surface area contributed by atoms with Crippen LogP contribution in [0.5, 0.6) is 0 Å². The molecule has 5 heteroatoms. The zero-order valence-corrected chi connectivity index (χ0v) is 9.18. The Morgan fingerprint density at radius 1 is 1.53 bits per heavy atom. The van der Waals surface area contributed by atoms with Crippen LogP contribution in [-0.4, -0.2) is 16.1 Å². The molecule has 15 heavy (non-hydrogen) atoms. The Labute approximate surface area is 90.4 Å². The summed E-state index contributed by atoms with van der Waals surface area (Å²) < 4.78 is 0.968. The molecule has 0 aliphatic rings. The van der Waals surface area contributed by atoms with Crippen LogP contribution in [0.1, 0.15) is 20.9 Å². The van der Waals surface area contributed by atoms with E-state index in [2.05, 4.69) is 4.98 Å². The molecule has 0 amide bonds. The molecular formula is C10H10N2O2S. The molecule has 0 spiro atoms. The van der Waals surface area contributed by atoms with E-state index in [1.54, 1.807) is 0 Å². The van der Waals surface area contributed by atoms with Gasteiger partial charge in [-0.15, -0.1) is 11.3 Å². The van der Waals surface area contributed by atoms with Crippen molar-refractivity contribution in [2.75, 3.05) is 5.73 Å². The number of anilines is 1. The average molecular weight is 222 g/mol. The van der Waals surface area contributed by atoms with Crippen molar-refractivity contribution in [1.29, 1.82) is 0 Å². The van der Waals surface area contributed by atoms with Gasteiger partial charge in [-0.2, -0.15) is 0 Å². The molecule has 0 saturated heterocycles. The number of fused-ring (bicyclic) bond motifs is 1. The van der Waals surface area contributed by atoms with E-state index in [1.807, 2.05) is 13.8 Å². The molecule has 3 N–H and O–H groups in total. The lowest BCUT2D eigenvalue weighted by atomic mass is 10.1. The van der Waals surface area contributed by atoms with Crippen molar-refractivity contribution in [2.45, 2.75) is 13.8 Å². The van der Waals surface area contributed by atoms with Gasteiger partial charge in [0.1, 0.15) is 0 Å². The fraction of sp³-hybridized carbons (Fsp3) is 0.200. The maximum atomic E-state index is 10.9. The summed E-state index contributed by atoms with van der Waals surface area (Å²) in [5.74, 6) is -1.01. The Hall–Kier alpha value is -1.62. The second-order valence-corrected chi connectivity index (χ2v) is 4.55. The first kappa shape index (κ1) is 9.92. The fourth-order valence-corrected chi connectivity index (χ4v) is 2.44. The Morgan fingerprint density at radius 3 is 2.80 bits per heavy atom. The summed E-state index contributed by atoms with van der Waals surface area (Å²) in [4.78, 5) is 15.2. The Bertz CT molecular complexity index is 560. The number of carbonyl (C=O) groups is 1. The van der Waals surface area contributed by atoms with E-state index in [0.29, 0.717) is 11.2 Å². The first-order valence-corrected chi connectivity index (χ1v) is 5.22. The van der Waals surface area contributed by atoms with Gasteiger partial charge in [0.2, 0.25) is 0 Å². The van der Waals surface area contributed by atoms with E-state index >= 15 is 0 Å². The number of thiazole rings is 1. The number of nitrogens with two attached hydrogens (primary N) is 1. The SMILES string of the molecule is Cc1nc2cc(C(=O)O)c(N)c(C)c2s1. The largest absolute Gasteiger partial charge is 0.478 e. The van der Waals surface area contributed by atoms with Crippen LogP contribution < -0.4 is 5.73 Å². The molecule has 78 valence electrons. The van der Waals surface area contributed by atoms with E-state index < -0.39 is 5.97 Å². The standard InChI is InChI=1S/C10H10N2O2S/c1-4-8(11)6(10(13)14)3-7-9(4)15-5(2)12-7/h3H,11H2,1-2H3,(H,13,14). The van der Waals surface area contributed by atoms with Gasteiger partial charge < -0.3 is 10.8 Å². The Morgan fingerprint density at radius 2 is 2.20 bits per heavy atom. The number of hydrogen-bond donors (Lipinski definition) is 2. The van der Waals surface area contributed by atoms with Crippen molar-refractivity contribution in [3.63, 3.8) is 0 Å². The number of benzene rings is 1. The normalized spacial score (nSPS) is 10.8. The lowest BCUT2D eigenvalue weighted by molar-refractivity contribution is 0.0698. The van der Waals surface area contributed by atoms with Gasteiger partial charge in [0.15, 0.2) is 0 Å². The van der Waals surface area contributed by atoms with Gasteiger partial charge in [-0.3, -0.25) is 0 Å². The van der Waals surface area contributed by atoms with E-state index in [0.717, 1.165) is 15.3 Å². The van der Waals surface area contributed by atoms with Crippen LogP contribution in [0, 0.1) is 13.8 Å². The zero-order valence-electron chi connectivity index (χ0n) is 8.37. The predicted molar refractivity (Wildman–Crippen MR) is 60.5 cm³/mol. The molecule has 0 aliphatic carbocycles. The van der Waals surface area contributed by atoms with E-state index in [9.17, 15) is 4.79 Å². The number of rotatable bonds is 1. The minimum atomic E-state index is -1.01. The summed E-state index contributed by atoms with van der Waals surface area (Å²) in [5, 5.41) is 9.86. The van der Waals surface area contributed by atoms with Crippen molar-refractivity contribution < 1.29 is 9.90 Å². The topological polar surface area (TPSA) is 76.2 Å². The van der Waals surface area contributed by atoms with Gasteiger partial charge in [0.25, 0.3) is 0 Å². The lowest BCUT2D eigenvalue weighted by Gasteiger charge is -2.04. The van der Waals surface area contributed by atoms with Crippen molar-refractivity contribution in [1.82, 2.24) is 4.98 Å². The predicted octanol–water partition coefficient (Wildman–Crippen LogP) is 2.19. The number of aryl methyl sites for hydroxylation is 2. The van der Waals surface area contributed by atoms with Gasteiger partial charge in [0.05, 0.1) is 26.5 Å². The summed E-state index contributed by atoms with van der Waals surface area (Å²) in [6.07, 6.45) is 0. The first-order chi connectivity index (χ1) is 7.00.